The highest BCUT2D eigenvalue weighted by Crippen LogP contribution is 2.19. The largest absolute Gasteiger partial charge is 0.390 e. The van der Waals surface area contributed by atoms with E-state index in [1.165, 1.54) is 7.05 Å². The van der Waals surface area contributed by atoms with Crippen LogP contribution in [0.5, 0.6) is 0 Å². The van der Waals surface area contributed by atoms with Crippen molar-refractivity contribution in [3.8, 4) is 0 Å². The van der Waals surface area contributed by atoms with Gasteiger partial charge in [0.15, 0.2) is 0 Å². The van der Waals surface area contributed by atoms with E-state index in [9.17, 15) is 18.0 Å². The predicted octanol–water partition coefficient (Wildman–Crippen LogP) is 0.454. The number of hydrazine groups is 1. The summed E-state index contributed by atoms with van der Waals surface area (Å²) in [5, 5.41) is 0. The number of nitrogens with two attached hydrogens (primary N) is 1. The molecule has 7 heteroatoms. The molecule has 0 saturated heterocycles. The molecule has 0 bridgehead atoms. The van der Waals surface area contributed by atoms with Gasteiger partial charge in [0.1, 0.15) is 0 Å². The van der Waals surface area contributed by atoms with Crippen molar-refractivity contribution in [2.24, 2.45) is 5.84 Å². The zero-order valence-electron chi connectivity index (χ0n) is 6.48. The van der Waals surface area contributed by atoms with Crippen LogP contribution in [0.1, 0.15) is 6.42 Å². The number of carbonyl (C=O) groups is 1. The standard InChI is InChI=1S/C5H10F3N3O/c1-11(4(12)10-9)3-2-5(6,7)8/h2-3,9H2,1H3,(H,10,12). The maximum Gasteiger partial charge on any atom is 0.390 e. The van der Waals surface area contributed by atoms with Gasteiger partial charge in [-0.25, -0.2) is 10.6 Å². The number of halogens is 3. The average molecular weight is 185 g/mol. The topological polar surface area (TPSA) is 58.4 Å². The Morgan fingerprint density at radius 3 is 2.42 bits per heavy atom. The number of alkyl halides is 3. The fourth-order valence-corrected chi connectivity index (χ4v) is 0.506. The molecule has 72 valence electrons. The van der Waals surface area contributed by atoms with Gasteiger partial charge in [-0.2, -0.15) is 13.2 Å². The molecule has 0 aliphatic carbocycles. The second-order valence-electron chi connectivity index (χ2n) is 2.24. The lowest BCUT2D eigenvalue weighted by molar-refractivity contribution is -0.136. The zero-order chi connectivity index (χ0) is 9.78. The minimum absolute atomic E-state index is 0.396. The minimum Gasteiger partial charge on any atom is -0.326 e. The lowest BCUT2D eigenvalue weighted by Gasteiger charge is -2.16. The number of nitrogens with zero attached hydrogens (tertiary/aromatic N) is 1. The number of amides is 2. The summed E-state index contributed by atoms with van der Waals surface area (Å²) in [5.74, 6) is 4.69. The van der Waals surface area contributed by atoms with E-state index in [0.29, 0.717) is 0 Å². The molecular formula is C5H10F3N3O. The molecule has 0 unspecified atom stereocenters. The first-order chi connectivity index (χ1) is 5.37. The molecule has 0 radical (unpaired) electrons. The summed E-state index contributed by atoms with van der Waals surface area (Å²) in [4.78, 5) is 11.4. The van der Waals surface area contributed by atoms with Crippen molar-refractivity contribution < 1.29 is 18.0 Å². The Bertz CT molecular complexity index is 159. The number of urea groups is 1. The lowest BCUT2D eigenvalue weighted by Crippen LogP contribution is -2.42. The average Bonchev–Trinajstić information content (AvgIpc) is 1.97. The Hall–Kier alpha value is -0.980. The van der Waals surface area contributed by atoms with Gasteiger partial charge in [0, 0.05) is 13.6 Å². The Morgan fingerprint density at radius 1 is 1.58 bits per heavy atom. The third kappa shape index (κ3) is 4.78. The van der Waals surface area contributed by atoms with Crippen LogP contribution in [-0.2, 0) is 0 Å². The summed E-state index contributed by atoms with van der Waals surface area (Å²) in [6, 6.07) is -0.737. The molecule has 3 N–H and O–H groups in total. The predicted molar refractivity (Wildman–Crippen MR) is 36.0 cm³/mol. The van der Waals surface area contributed by atoms with Crippen LogP contribution >= 0.6 is 0 Å². The number of rotatable bonds is 2. The van der Waals surface area contributed by atoms with E-state index in [-0.39, 0.29) is 0 Å². The second-order valence-corrected chi connectivity index (χ2v) is 2.24. The molecule has 0 fully saturated rings. The maximum absolute atomic E-state index is 11.6. The molecular weight excluding hydrogens is 175 g/mol. The molecule has 0 saturated carbocycles. The van der Waals surface area contributed by atoms with E-state index in [4.69, 9.17) is 0 Å². The molecule has 12 heavy (non-hydrogen) atoms. The van der Waals surface area contributed by atoms with Crippen molar-refractivity contribution in [2.75, 3.05) is 13.6 Å². The van der Waals surface area contributed by atoms with Crippen molar-refractivity contribution in [3.05, 3.63) is 0 Å². The van der Waals surface area contributed by atoms with E-state index >= 15 is 0 Å². The van der Waals surface area contributed by atoms with Gasteiger partial charge in [-0.3, -0.25) is 5.43 Å². The molecule has 0 aliphatic heterocycles. The zero-order valence-corrected chi connectivity index (χ0v) is 6.48. The van der Waals surface area contributed by atoms with Crippen LogP contribution in [0.25, 0.3) is 0 Å². The first kappa shape index (κ1) is 11.0. The van der Waals surface area contributed by atoms with Gasteiger partial charge < -0.3 is 4.90 Å². The monoisotopic (exact) mass is 185 g/mol. The van der Waals surface area contributed by atoms with Crippen LogP contribution in [0.3, 0.4) is 0 Å². The molecule has 0 spiro atoms. The van der Waals surface area contributed by atoms with Crippen molar-refractivity contribution in [2.45, 2.75) is 12.6 Å². The highest BCUT2D eigenvalue weighted by molar-refractivity contribution is 5.72. The fraction of sp³-hybridized carbons (Fsp3) is 0.800. The quantitative estimate of drug-likeness (QED) is 0.373. The molecule has 0 aromatic rings. The smallest absolute Gasteiger partial charge is 0.326 e. The molecule has 0 rings (SSSR count). The first-order valence-electron chi connectivity index (χ1n) is 3.15. The van der Waals surface area contributed by atoms with E-state index in [1.807, 2.05) is 0 Å². The summed E-state index contributed by atoms with van der Waals surface area (Å²) >= 11 is 0. The molecule has 0 aromatic carbocycles. The van der Waals surface area contributed by atoms with Gasteiger partial charge in [-0.15, -0.1) is 0 Å². The van der Waals surface area contributed by atoms with Crippen LogP contribution < -0.4 is 11.3 Å². The highest BCUT2D eigenvalue weighted by atomic mass is 19.4. The normalized spacial score (nSPS) is 11.1. The van der Waals surface area contributed by atoms with E-state index in [2.05, 4.69) is 5.84 Å². The summed E-state index contributed by atoms with van der Waals surface area (Å²) in [5.41, 5.74) is 1.72. The van der Waals surface area contributed by atoms with Crippen LogP contribution in [0.2, 0.25) is 0 Å². The lowest BCUT2D eigenvalue weighted by atomic mass is 10.4. The summed E-state index contributed by atoms with van der Waals surface area (Å²) in [6.07, 6.45) is -5.28. The van der Waals surface area contributed by atoms with Crippen molar-refractivity contribution in [1.82, 2.24) is 10.3 Å². The third-order valence-electron chi connectivity index (χ3n) is 1.20. The van der Waals surface area contributed by atoms with Crippen LogP contribution in [0.4, 0.5) is 18.0 Å². The van der Waals surface area contributed by atoms with Gasteiger partial charge in [0.2, 0.25) is 0 Å². The molecule has 0 heterocycles. The Balaban J connectivity index is 3.72. The Kier molecular flexibility index (Phi) is 3.81. The third-order valence-corrected chi connectivity index (χ3v) is 1.20. The number of nitrogens with one attached hydrogen (secondary N) is 1. The van der Waals surface area contributed by atoms with Crippen LogP contribution in [0.15, 0.2) is 0 Å². The molecule has 2 amide bonds. The molecule has 4 nitrogen and oxygen atoms in total. The Morgan fingerprint density at radius 2 is 2.08 bits per heavy atom. The van der Waals surface area contributed by atoms with Gasteiger partial charge in [0.25, 0.3) is 0 Å². The van der Waals surface area contributed by atoms with Gasteiger partial charge in [-0.05, 0) is 0 Å². The summed E-state index contributed by atoms with van der Waals surface area (Å²) < 4.78 is 34.8. The van der Waals surface area contributed by atoms with Crippen LogP contribution in [-0.4, -0.2) is 30.7 Å². The SMILES string of the molecule is CN(CCC(F)(F)F)C(=O)NN. The van der Waals surface area contributed by atoms with Gasteiger partial charge in [-0.1, -0.05) is 0 Å². The van der Waals surface area contributed by atoms with Crippen molar-refractivity contribution in [1.29, 1.82) is 0 Å². The molecule has 0 aliphatic rings. The van der Waals surface area contributed by atoms with E-state index in [1.54, 1.807) is 5.43 Å². The fourth-order valence-electron chi connectivity index (χ4n) is 0.506. The number of hydrogen-bond donors (Lipinski definition) is 2. The van der Waals surface area contributed by atoms with E-state index < -0.39 is 25.2 Å². The Labute approximate surface area is 67.5 Å². The molecule has 0 atom stereocenters. The number of hydrogen-bond acceptors (Lipinski definition) is 2. The number of carbonyl (C=O) groups excluding carboxylic acids is 1. The first-order valence-corrected chi connectivity index (χ1v) is 3.15. The highest BCUT2D eigenvalue weighted by Gasteiger charge is 2.27. The molecule has 0 aromatic heterocycles. The minimum atomic E-state index is -4.25. The summed E-state index contributed by atoms with van der Waals surface area (Å²) in [6.45, 7) is -0.396. The van der Waals surface area contributed by atoms with Gasteiger partial charge >= 0.3 is 12.2 Å². The maximum atomic E-state index is 11.6. The van der Waals surface area contributed by atoms with Gasteiger partial charge in [0.05, 0.1) is 6.42 Å². The second kappa shape index (κ2) is 4.15. The van der Waals surface area contributed by atoms with Crippen molar-refractivity contribution >= 4 is 6.03 Å². The van der Waals surface area contributed by atoms with E-state index in [0.717, 1.165) is 4.90 Å². The van der Waals surface area contributed by atoms with Crippen molar-refractivity contribution in [3.63, 3.8) is 0 Å². The van der Waals surface area contributed by atoms with Crippen LogP contribution in [0, 0.1) is 0 Å². The summed E-state index contributed by atoms with van der Waals surface area (Å²) in [7, 11) is 1.23.